The smallest absolute Gasteiger partial charge is 0.265 e. The molecule has 2 amide bonds. The van der Waals surface area contributed by atoms with Crippen molar-refractivity contribution in [2.75, 3.05) is 32.2 Å². The SMILES string of the molecule is CNC(=O)[C@H]1CN(C(=O)COc2ccc(C)cc2OC)c2ccccc2O1. The average molecular weight is 370 g/mol. The summed E-state index contributed by atoms with van der Waals surface area (Å²) in [5.41, 5.74) is 1.64. The van der Waals surface area contributed by atoms with Crippen LogP contribution < -0.4 is 24.4 Å². The van der Waals surface area contributed by atoms with E-state index in [0.29, 0.717) is 22.9 Å². The molecule has 0 unspecified atom stereocenters. The number of carbonyl (C=O) groups excluding carboxylic acids is 2. The van der Waals surface area contributed by atoms with E-state index in [1.54, 1.807) is 31.4 Å². The van der Waals surface area contributed by atoms with Crippen LogP contribution in [0, 0.1) is 6.92 Å². The lowest BCUT2D eigenvalue weighted by molar-refractivity contribution is -0.128. The van der Waals surface area contributed by atoms with Crippen LogP contribution in [0.25, 0.3) is 0 Å². The molecule has 3 rings (SSSR count). The molecule has 7 heteroatoms. The number of amides is 2. The van der Waals surface area contributed by atoms with Crippen molar-refractivity contribution in [3.63, 3.8) is 0 Å². The summed E-state index contributed by atoms with van der Waals surface area (Å²) in [5, 5.41) is 2.55. The van der Waals surface area contributed by atoms with Crippen molar-refractivity contribution in [3.8, 4) is 17.2 Å². The summed E-state index contributed by atoms with van der Waals surface area (Å²) < 4.78 is 16.7. The monoisotopic (exact) mass is 370 g/mol. The number of rotatable bonds is 5. The minimum atomic E-state index is -0.775. The molecule has 1 N–H and O–H groups in total. The van der Waals surface area contributed by atoms with E-state index in [-0.39, 0.29) is 25.0 Å². The minimum Gasteiger partial charge on any atom is -0.493 e. The molecule has 0 fully saturated rings. The summed E-state index contributed by atoms with van der Waals surface area (Å²) in [4.78, 5) is 26.4. The lowest BCUT2D eigenvalue weighted by Crippen LogP contribution is -2.51. The third kappa shape index (κ3) is 3.97. The summed E-state index contributed by atoms with van der Waals surface area (Å²) in [6.07, 6.45) is -0.775. The van der Waals surface area contributed by atoms with Crippen LogP contribution in [-0.4, -0.2) is 45.2 Å². The van der Waals surface area contributed by atoms with Gasteiger partial charge in [-0.3, -0.25) is 9.59 Å². The zero-order valence-corrected chi connectivity index (χ0v) is 15.5. The highest BCUT2D eigenvalue weighted by Gasteiger charge is 2.33. The molecule has 0 bridgehead atoms. The fraction of sp³-hybridized carbons (Fsp3) is 0.300. The van der Waals surface area contributed by atoms with Crippen LogP contribution in [-0.2, 0) is 9.59 Å². The highest BCUT2D eigenvalue weighted by atomic mass is 16.5. The van der Waals surface area contributed by atoms with Crippen LogP contribution in [0.3, 0.4) is 0 Å². The average Bonchev–Trinajstić information content (AvgIpc) is 2.70. The molecule has 0 saturated heterocycles. The van der Waals surface area contributed by atoms with Gasteiger partial charge in [-0.05, 0) is 36.8 Å². The van der Waals surface area contributed by atoms with Gasteiger partial charge in [0.1, 0.15) is 5.75 Å². The van der Waals surface area contributed by atoms with Crippen LogP contribution in [0.5, 0.6) is 17.2 Å². The van der Waals surface area contributed by atoms with Gasteiger partial charge < -0.3 is 24.4 Å². The Bertz CT molecular complexity index is 852. The number of carbonyl (C=O) groups is 2. The van der Waals surface area contributed by atoms with Crippen molar-refractivity contribution in [1.29, 1.82) is 0 Å². The molecular formula is C20H22N2O5. The van der Waals surface area contributed by atoms with Gasteiger partial charge in [-0.2, -0.15) is 0 Å². The largest absolute Gasteiger partial charge is 0.493 e. The molecule has 1 heterocycles. The van der Waals surface area contributed by atoms with Gasteiger partial charge in [0.15, 0.2) is 24.2 Å². The molecular weight excluding hydrogens is 348 g/mol. The van der Waals surface area contributed by atoms with Crippen molar-refractivity contribution in [2.45, 2.75) is 13.0 Å². The van der Waals surface area contributed by atoms with Crippen LogP contribution >= 0.6 is 0 Å². The van der Waals surface area contributed by atoms with Crippen molar-refractivity contribution in [3.05, 3.63) is 48.0 Å². The minimum absolute atomic E-state index is 0.115. The lowest BCUT2D eigenvalue weighted by Gasteiger charge is -2.33. The normalized spacial score (nSPS) is 15.4. The molecule has 2 aromatic rings. The quantitative estimate of drug-likeness (QED) is 0.870. The van der Waals surface area contributed by atoms with Crippen molar-refractivity contribution in [1.82, 2.24) is 5.32 Å². The Labute approximate surface area is 157 Å². The number of ether oxygens (including phenoxy) is 3. The number of aryl methyl sites for hydroxylation is 1. The third-order valence-electron chi connectivity index (χ3n) is 4.28. The molecule has 0 radical (unpaired) electrons. The van der Waals surface area contributed by atoms with Gasteiger partial charge in [-0.25, -0.2) is 0 Å². The number of nitrogens with one attached hydrogen (secondary N) is 1. The zero-order chi connectivity index (χ0) is 19.4. The van der Waals surface area contributed by atoms with Crippen LogP contribution in [0.4, 0.5) is 5.69 Å². The maximum Gasteiger partial charge on any atom is 0.265 e. The fourth-order valence-electron chi connectivity index (χ4n) is 2.88. The Hall–Kier alpha value is -3.22. The number of hydrogen-bond acceptors (Lipinski definition) is 5. The van der Waals surface area contributed by atoms with Crippen molar-refractivity contribution >= 4 is 17.5 Å². The number of nitrogens with zero attached hydrogens (tertiary/aromatic N) is 1. The van der Waals surface area contributed by atoms with Gasteiger partial charge in [-0.15, -0.1) is 0 Å². The first kappa shape index (κ1) is 18.6. The second kappa shape index (κ2) is 7.99. The van der Waals surface area contributed by atoms with E-state index in [1.807, 2.05) is 25.1 Å². The molecule has 7 nitrogen and oxygen atoms in total. The molecule has 142 valence electrons. The Morgan fingerprint density at radius 1 is 1.22 bits per heavy atom. The van der Waals surface area contributed by atoms with E-state index in [1.165, 1.54) is 11.9 Å². The zero-order valence-electron chi connectivity index (χ0n) is 15.5. The van der Waals surface area contributed by atoms with Crippen LogP contribution in [0.2, 0.25) is 0 Å². The number of hydrogen-bond donors (Lipinski definition) is 1. The third-order valence-corrected chi connectivity index (χ3v) is 4.28. The van der Waals surface area contributed by atoms with E-state index in [0.717, 1.165) is 5.56 Å². The highest BCUT2D eigenvalue weighted by Crippen LogP contribution is 2.33. The molecule has 0 saturated carbocycles. The van der Waals surface area contributed by atoms with Crippen molar-refractivity contribution < 1.29 is 23.8 Å². The molecule has 1 atom stereocenters. The standard InChI is InChI=1S/C20H22N2O5/c1-13-8-9-16(17(10-13)25-3)26-12-19(23)22-11-18(20(24)21-2)27-15-7-5-4-6-14(15)22/h4-10,18H,11-12H2,1-3H3,(H,21,24)/t18-/m1/s1. The Kier molecular flexibility index (Phi) is 5.49. The maximum atomic E-state index is 12.8. The highest BCUT2D eigenvalue weighted by molar-refractivity contribution is 5.98. The second-order valence-corrected chi connectivity index (χ2v) is 6.14. The van der Waals surface area contributed by atoms with Crippen LogP contribution in [0.1, 0.15) is 5.56 Å². The Morgan fingerprint density at radius 2 is 2.00 bits per heavy atom. The number of anilines is 1. The predicted octanol–water partition coefficient (Wildman–Crippen LogP) is 1.92. The molecule has 1 aliphatic heterocycles. The lowest BCUT2D eigenvalue weighted by atomic mass is 10.1. The first-order chi connectivity index (χ1) is 13.0. The van der Waals surface area contributed by atoms with Gasteiger partial charge in [0.05, 0.1) is 19.3 Å². The number of benzene rings is 2. The van der Waals surface area contributed by atoms with E-state index in [9.17, 15) is 9.59 Å². The summed E-state index contributed by atoms with van der Waals surface area (Å²) in [6, 6.07) is 12.6. The van der Waals surface area contributed by atoms with Gasteiger partial charge in [0.2, 0.25) is 0 Å². The van der Waals surface area contributed by atoms with E-state index >= 15 is 0 Å². The van der Waals surface area contributed by atoms with E-state index in [2.05, 4.69) is 5.32 Å². The van der Waals surface area contributed by atoms with Gasteiger partial charge in [0, 0.05) is 7.05 Å². The Morgan fingerprint density at radius 3 is 2.74 bits per heavy atom. The van der Waals surface area contributed by atoms with Gasteiger partial charge >= 0.3 is 0 Å². The number of para-hydroxylation sites is 2. The van der Waals surface area contributed by atoms with E-state index < -0.39 is 6.10 Å². The molecule has 0 aliphatic carbocycles. The first-order valence-corrected chi connectivity index (χ1v) is 8.58. The predicted molar refractivity (Wildman–Crippen MR) is 101 cm³/mol. The molecule has 0 spiro atoms. The van der Waals surface area contributed by atoms with E-state index in [4.69, 9.17) is 14.2 Å². The molecule has 2 aromatic carbocycles. The second-order valence-electron chi connectivity index (χ2n) is 6.14. The number of likely N-dealkylation sites (N-methyl/N-ethyl adjacent to an activating group) is 1. The topological polar surface area (TPSA) is 77.1 Å². The molecule has 0 aromatic heterocycles. The summed E-state index contributed by atoms with van der Waals surface area (Å²) in [6.45, 7) is 1.87. The number of methoxy groups -OCH3 is 1. The fourth-order valence-corrected chi connectivity index (χ4v) is 2.88. The molecule has 1 aliphatic rings. The molecule has 27 heavy (non-hydrogen) atoms. The Balaban J connectivity index is 1.78. The van der Waals surface area contributed by atoms with Crippen molar-refractivity contribution in [2.24, 2.45) is 0 Å². The maximum absolute atomic E-state index is 12.8. The summed E-state index contributed by atoms with van der Waals surface area (Å²) in [7, 11) is 3.08. The first-order valence-electron chi connectivity index (χ1n) is 8.58. The van der Waals surface area contributed by atoms with Gasteiger partial charge in [0.25, 0.3) is 11.8 Å². The van der Waals surface area contributed by atoms with Crippen LogP contribution in [0.15, 0.2) is 42.5 Å². The van der Waals surface area contributed by atoms with Gasteiger partial charge in [-0.1, -0.05) is 18.2 Å². The summed E-state index contributed by atoms with van der Waals surface area (Å²) in [5.74, 6) is 0.971. The summed E-state index contributed by atoms with van der Waals surface area (Å²) >= 11 is 0. The number of fused-ring (bicyclic) bond motifs is 1.